The Morgan fingerprint density at radius 1 is 0.867 bits per heavy atom. The Hall–Kier alpha value is -1.80. The van der Waals surface area contributed by atoms with Gasteiger partial charge in [-0.1, -0.05) is 58.3 Å². The van der Waals surface area contributed by atoms with Crippen LogP contribution in [0.15, 0.2) is 0 Å². The first-order valence-corrected chi connectivity index (χ1v) is 10.9. The van der Waals surface area contributed by atoms with Gasteiger partial charge < -0.3 is 15.2 Å². The van der Waals surface area contributed by atoms with Gasteiger partial charge in [0.1, 0.15) is 12.6 Å². The number of aliphatic carboxylic acids is 1. The Balaban J connectivity index is 3.98. The van der Waals surface area contributed by atoms with Crippen molar-refractivity contribution < 1.29 is 37.4 Å². The van der Waals surface area contributed by atoms with Crippen molar-refractivity contribution >= 4 is 17.8 Å². The molecule has 0 saturated heterocycles. The lowest BCUT2D eigenvalue weighted by atomic mass is 10.0. The number of carboxylic acid groups (broad SMARTS) is 1. The SMILES string of the molecule is CCCCCCCC(CCCCCCCCC(=O)NCC(=O)O)OC(=O)C(F)(F)F. The lowest BCUT2D eigenvalue weighted by Crippen LogP contribution is -2.30. The van der Waals surface area contributed by atoms with E-state index >= 15 is 0 Å². The molecule has 176 valence electrons. The van der Waals surface area contributed by atoms with Crippen molar-refractivity contribution in [2.24, 2.45) is 0 Å². The molecule has 30 heavy (non-hydrogen) atoms. The van der Waals surface area contributed by atoms with E-state index < -0.39 is 24.2 Å². The summed E-state index contributed by atoms with van der Waals surface area (Å²) in [5, 5.41) is 10.8. The van der Waals surface area contributed by atoms with Gasteiger partial charge in [-0.2, -0.15) is 13.2 Å². The van der Waals surface area contributed by atoms with Crippen LogP contribution in [0, 0.1) is 0 Å². The molecule has 1 amide bonds. The Bertz CT molecular complexity index is 498. The zero-order chi connectivity index (χ0) is 22.8. The number of ether oxygens (including phenoxy) is 1. The van der Waals surface area contributed by atoms with Gasteiger partial charge in [-0.3, -0.25) is 9.59 Å². The monoisotopic (exact) mass is 439 g/mol. The van der Waals surface area contributed by atoms with E-state index in [0.29, 0.717) is 25.7 Å². The standard InChI is InChI=1S/C21H36F3NO5/c1-2-3-4-7-10-13-17(30-20(29)21(22,23)24)14-11-8-5-6-9-12-15-18(26)25-16-19(27)28/h17H,2-16H2,1H3,(H,25,26)(H,27,28). The third-order valence-electron chi connectivity index (χ3n) is 4.75. The van der Waals surface area contributed by atoms with Crippen LogP contribution in [0.1, 0.15) is 96.8 Å². The number of nitrogens with one attached hydrogen (secondary N) is 1. The average Bonchev–Trinajstić information content (AvgIpc) is 2.66. The van der Waals surface area contributed by atoms with Crippen LogP contribution in [0.25, 0.3) is 0 Å². The zero-order valence-electron chi connectivity index (χ0n) is 17.9. The largest absolute Gasteiger partial charge is 0.490 e. The zero-order valence-corrected chi connectivity index (χ0v) is 17.9. The molecule has 1 unspecified atom stereocenters. The Morgan fingerprint density at radius 3 is 1.87 bits per heavy atom. The van der Waals surface area contributed by atoms with Crippen LogP contribution in [0.5, 0.6) is 0 Å². The third kappa shape index (κ3) is 17.1. The molecule has 0 rings (SSSR count). The number of hydrogen-bond donors (Lipinski definition) is 2. The second-order valence-electron chi connectivity index (χ2n) is 7.56. The van der Waals surface area contributed by atoms with E-state index in [1.165, 1.54) is 0 Å². The minimum absolute atomic E-state index is 0.279. The molecule has 0 fully saturated rings. The summed E-state index contributed by atoms with van der Waals surface area (Å²) in [6.07, 6.45) is 5.14. The Morgan fingerprint density at radius 2 is 1.37 bits per heavy atom. The quantitative estimate of drug-likeness (QED) is 0.228. The van der Waals surface area contributed by atoms with E-state index in [0.717, 1.165) is 57.8 Å². The number of rotatable bonds is 18. The van der Waals surface area contributed by atoms with Crippen molar-refractivity contribution in [2.45, 2.75) is 109 Å². The molecule has 0 aromatic rings. The van der Waals surface area contributed by atoms with Gasteiger partial charge in [-0.05, 0) is 32.1 Å². The number of unbranched alkanes of at least 4 members (excludes halogenated alkanes) is 9. The maximum Gasteiger partial charge on any atom is 0.490 e. The molecular weight excluding hydrogens is 403 g/mol. The predicted molar refractivity (Wildman–Crippen MR) is 107 cm³/mol. The minimum Gasteiger partial charge on any atom is -0.480 e. The highest BCUT2D eigenvalue weighted by atomic mass is 19.4. The van der Waals surface area contributed by atoms with Crippen LogP contribution in [0.2, 0.25) is 0 Å². The van der Waals surface area contributed by atoms with Crippen molar-refractivity contribution in [3.8, 4) is 0 Å². The highest BCUT2D eigenvalue weighted by molar-refractivity contribution is 5.80. The first kappa shape index (κ1) is 28.2. The Labute approximate surface area is 176 Å². The molecule has 6 nitrogen and oxygen atoms in total. The molecule has 9 heteroatoms. The number of alkyl halides is 3. The molecule has 0 spiro atoms. The summed E-state index contributed by atoms with van der Waals surface area (Å²) < 4.78 is 42.1. The van der Waals surface area contributed by atoms with Gasteiger partial charge in [0.05, 0.1) is 0 Å². The summed E-state index contributed by atoms with van der Waals surface area (Å²) in [6, 6.07) is 0. The number of carbonyl (C=O) groups excluding carboxylic acids is 2. The maximum absolute atomic E-state index is 12.5. The smallest absolute Gasteiger partial charge is 0.480 e. The van der Waals surface area contributed by atoms with E-state index in [1.54, 1.807) is 0 Å². The summed E-state index contributed by atoms with van der Waals surface area (Å²) in [5.41, 5.74) is 0. The van der Waals surface area contributed by atoms with E-state index in [9.17, 15) is 27.6 Å². The van der Waals surface area contributed by atoms with E-state index in [1.807, 2.05) is 0 Å². The van der Waals surface area contributed by atoms with Crippen molar-refractivity contribution in [3.63, 3.8) is 0 Å². The van der Waals surface area contributed by atoms with Crippen LogP contribution >= 0.6 is 0 Å². The van der Waals surface area contributed by atoms with Gasteiger partial charge in [-0.25, -0.2) is 4.79 Å². The van der Waals surface area contributed by atoms with Crippen LogP contribution in [0.4, 0.5) is 13.2 Å². The van der Waals surface area contributed by atoms with E-state index in [-0.39, 0.29) is 18.9 Å². The van der Waals surface area contributed by atoms with Crippen LogP contribution in [0.3, 0.4) is 0 Å². The fourth-order valence-electron chi connectivity index (χ4n) is 3.08. The summed E-state index contributed by atoms with van der Waals surface area (Å²) in [7, 11) is 0. The summed E-state index contributed by atoms with van der Waals surface area (Å²) in [4.78, 5) is 32.8. The minimum atomic E-state index is -4.96. The first-order valence-electron chi connectivity index (χ1n) is 10.9. The molecule has 0 aromatic carbocycles. The average molecular weight is 440 g/mol. The second-order valence-corrected chi connectivity index (χ2v) is 7.56. The number of carbonyl (C=O) groups is 3. The summed E-state index contributed by atoms with van der Waals surface area (Å²) >= 11 is 0. The maximum atomic E-state index is 12.5. The van der Waals surface area contributed by atoms with Crippen LogP contribution < -0.4 is 5.32 Å². The van der Waals surface area contributed by atoms with Gasteiger partial charge in [-0.15, -0.1) is 0 Å². The van der Waals surface area contributed by atoms with Crippen molar-refractivity contribution in [1.29, 1.82) is 0 Å². The molecular formula is C21H36F3NO5. The van der Waals surface area contributed by atoms with Crippen molar-refractivity contribution in [3.05, 3.63) is 0 Å². The molecule has 0 aliphatic carbocycles. The molecule has 2 N–H and O–H groups in total. The lowest BCUT2D eigenvalue weighted by molar-refractivity contribution is -0.205. The first-order chi connectivity index (χ1) is 14.2. The van der Waals surface area contributed by atoms with Crippen molar-refractivity contribution in [1.82, 2.24) is 5.32 Å². The molecule has 0 radical (unpaired) electrons. The van der Waals surface area contributed by atoms with Gasteiger partial charge in [0.15, 0.2) is 0 Å². The molecule has 0 aliphatic heterocycles. The normalized spacial score (nSPS) is 12.4. The predicted octanol–water partition coefficient (Wildman–Crippen LogP) is 5.14. The van der Waals surface area contributed by atoms with Gasteiger partial charge in [0, 0.05) is 6.42 Å². The fraction of sp³-hybridized carbons (Fsp3) is 0.857. The highest BCUT2D eigenvalue weighted by Gasteiger charge is 2.42. The summed E-state index contributed by atoms with van der Waals surface area (Å²) in [6.45, 7) is 1.71. The molecule has 0 aliphatic rings. The fourth-order valence-corrected chi connectivity index (χ4v) is 3.08. The van der Waals surface area contributed by atoms with Crippen LogP contribution in [-0.2, 0) is 19.1 Å². The number of carboxylic acids is 1. The van der Waals surface area contributed by atoms with E-state index in [2.05, 4.69) is 17.0 Å². The molecule has 0 bridgehead atoms. The third-order valence-corrected chi connectivity index (χ3v) is 4.75. The van der Waals surface area contributed by atoms with Gasteiger partial charge in [0.2, 0.25) is 5.91 Å². The molecule has 0 aromatic heterocycles. The number of amides is 1. The number of halogens is 3. The number of esters is 1. The number of hydrogen-bond acceptors (Lipinski definition) is 4. The summed E-state index contributed by atoms with van der Waals surface area (Å²) in [5.74, 6) is -3.48. The molecule has 0 saturated carbocycles. The lowest BCUT2D eigenvalue weighted by Gasteiger charge is -2.19. The molecule has 0 heterocycles. The topological polar surface area (TPSA) is 92.7 Å². The van der Waals surface area contributed by atoms with Crippen molar-refractivity contribution in [2.75, 3.05) is 6.54 Å². The highest BCUT2D eigenvalue weighted by Crippen LogP contribution is 2.22. The van der Waals surface area contributed by atoms with Gasteiger partial charge >= 0.3 is 18.1 Å². The second kappa shape index (κ2) is 16.9. The van der Waals surface area contributed by atoms with Crippen LogP contribution in [-0.4, -0.2) is 41.8 Å². The van der Waals surface area contributed by atoms with Gasteiger partial charge in [0.25, 0.3) is 0 Å². The van der Waals surface area contributed by atoms with E-state index in [4.69, 9.17) is 5.11 Å². The molecule has 1 atom stereocenters. The Kier molecular flexibility index (Phi) is 15.9.